The van der Waals surface area contributed by atoms with Crippen LogP contribution in [0.25, 0.3) is 0 Å². The second-order valence-corrected chi connectivity index (χ2v) is 7.17. The van der Waals surface area contributed by atoms with Gasteiger partial charge in [-0.3, -0.25) is 4.79 Å². The van der Waals surface area contributed by atoms with Crippen molar-refractivity contribution in [2.75, 3.05) is 26.7 Å². The minimum absolute atomic E-state index is 0.0880. The van der Waals surface area contributed by atoms with Crippen molar-refractivity contribution in [3.05, 3.63) is 29.3 Å². The Balaban J connectivity index is 1.78. The molecule has 5 nitrogen and oxygen atoms in total. The van der Waals surface area contributed by atoms with E-state index in [2.05, 4.69) is 16.7 Å². The molecule has 1 aliphatic carbocycles. The van der Waals surface area contributed by atoms with Gasteiger partial charge < -0.3 is 20.5 Å². The molecule has 0 spiro atoms. The van der Waals surface area contributed by atoms with E-state index in [4.69, 9.17) is 4.74 Å². The van der Waals surface area contributed by atoms with Crippen LogP contribution >= 0.6 is 0 Å². The zero-order chi connectivity index (χ0) is 17.2. The molecule has 1 aromatic rings. The van der Waals surface area contributed by atoms with E-state index in [0.717, 1.165) is 49.1 Å². The maximum Gasteiger partial charge on any atom is 0.230 e. The van der Waals surface area contributed by atoms with Crippen LogP contribution in [-0.4, -0.2) is 43.9 Å². The van der Waals surface area contributed by atoms with E-state index in [9.17, 15) is 9.90 Å². The predicted molar refractivity (Wildman–Crippen MR) is 93.3 cm³/mol. The topological polar surface area (TPSA) is 70.6 Å². The van der Waals surface area contributed by atoms with Gasteiger partial charge in [0, 0.05) is 25.6 Å². The van der Waals surface area contributed by atoms with E-state index in [1.165, 1.54) is 0 Å². The number of benzene rings is 1. The molecule has 0 aromatic heterocycles. The Labute approximate surface area is 143 Å². The summed E-state index contributed by atoms with van der Waals surface area (Å²) in [5.41, 5.74) is 1.66. The molecule has 132 valence electrons. The van der Waals surface area contributed by atoms with Crippen LogP contribution in [0.3, 0.4) is 0 Å². The fourth-order valence-electron chi connectivity index (χ4n) is 4.06. The van der Waals surface area contributed by atoms with Gasteiger partial charge in [0.25, 0.3) is 0 Å². The third-order valence-electron chi connectivity index (χ3n) is 5.68. The van der Waals surface area contributed by atoms with Crippen molar-refractivity contribution < 1.29 is 14.6 Å². The van der Waals surface area contributed by atoms with Gasteiger partial charge >= 0.3 is 0 Å². The van der Waals surface area contributed by atoms with Crippen molar-refractivity contribution >= 4 is 5.91 Å². The normalized spacial score (nSPS) is 25.6. The lowest BCUT2D eigenvalue weighted by Gasteiger charge is -2.30. The van der Waals surface area contributed by atoms with E-state index < -0.39 is 5.41 Å². The van der Waals surface area contributed by atoms with Crippen molar-refractivity contribution in [3.8, 4) is 5.75 Å². The summed E-state index contributed by atoms with van der Waals surface area (Å²) in [4.78, 5) is 13.1. The van der Waals surface area contributed by atoms with Crippen LogP contribution < -0.4 is 15.4 Å². The monoisotopic (exact) mass is 332 g/mol. The minimum Gasteiger partial charge on any atom is -0.496 e. The summed E-state index contributed by atoms with van der Waals surface area (Å²) in [6, 6.07) is 6.12. The quantitative estimate of drug-likeness (QED) is 0.764. The molecular formula is C19H28N2O3. The Bertz CT molecular complexity index is 596. The lowest BCUT2D eigenvalue weighted by Crippen LogP contribution is -2.45. The van der Waals surface area contributed by atoms with Gasteiger partial charge in [0.05, 0.1) is 18.6 Å². The molecule has 1 amide bonds. The van der Waals surface area contributed by atoms with E-state index in [1.807, 2.05) is 19.1 Å². The Kier molecular flexibility index (Phi) is 5.11. The van der Waals surface area contributed by atoms with Crippen LogP contribution in [0.5, 0.6) is 5.75 Å². The number of aliphatic hydroxyl groups is 1. The second-order valence-electron chi connectivity index (χ2n) is 7.17. The summed E-state index contributed by atoms with van der Waals surface area (Å²) in [7, 11) is 1.67. The van der Waals surface area contributed by atoms with Crippen molar-refractivity contribution in [1.82, 2.24) is 10.6 Å². The molecule has 1 aromatic carbocycles. The van der Waals surface area contributed by atoms with Crippen LogP contribution in [0.4, 0.5) is 0 Å². The number of aryl methyl sites for hydroxylation is 1. The predicted octanol–water partition coefficient (Wildman–Crippen LogP) is 1.51. The minimum atomic E-state index is -0.460. The summed E-state index contributed by atoms with van der Waals surface area (Å²) in [6.45, 7) is 3.91. The fraction of sp³-hybridized carbons (Fsp3) is 0.632. The van der Waals surface area contributed by atoms with Gasteiger partial charge in [0.15, 0.2) is 0 Å². The summed E-state index contributed by atoms with van der Waals surface area (Å²) in [6.07, 6.45) is 3.51. The molecule has 0 radical (unpaired) electrons. The van der Waals surface area contributed by atoms with Crippen molar-refractivity contribution in [2.24, 2.45) is 5.92 Å². The van der Waals surface area contributed by atoms with E-state index in [0.29, 0.717) is 13.1 Å². The molecule has 1 saturated heterocycles. The third kappa shape index (κ3) is 3.15. The van der Waals surface area contributed by atoms with Crippen molar-refractivity contribution in [1.29, 1.82) is 0 Å². The Morgan fingerprint density at radius 3 is 2.75 bits per heavy atom. The first-order valence-corrected chi connectivity index (χ1v) is 8.89. The van der Waals surface area contributed by atoms with Crippen LogP contribution in [0.1, 0.15) is 36.8 Å². The molecule has 3 rings (SSSR count). The van der Waals surface area contributed by atoms with Gasteiger partial charge in [-0.2, -0.15) is 0 Å². The highest BCUT2D eigenvalue weighted by molar-refractivity contribution is 5.88. The first-order valence-electron chi connectivity index (χ1n) is 8.89. The molecular weight excluding hydrogens is 304 g/mol. The number of rotatable bonds is 5. The summed E-state index contributed by atoms with van der Waals surface area (Å²) >= 11 is 0. The molecule has 0 bridgehead atoms. The van der Waals surface area contributed by atoms with E-state index in [1.54, 1.807) is 7.11 Å². The number of aliphatic hydroxyl groups excluding tert-OH is 1. The lowest BCUT2D eigenvalue weighted by atomic mass is 9.77. The zero-order valence-electron chi connectivity index (χ0n) is 14.6. The van der Waals surface area contributed by atoms with Gasteiger partial charge in [-0.1, -0.05) is 25.0 Å². The number of β-amino-alcohol motifs (C(OH)–C–C–N with tert-alkyl or cyclic N) is 1. The highest BCUT2D eigenvalue weighted by atomic mass is 16.5. The maximum absolute atomic E-state index is 13.1. The SMILES string of the molecule is COc1cc(C2(C(=O)NCC3CNCC3O)CCCC2)ccc1C. The molecule has 3 N–H and O–H groups in total. The molecule has 2 fully saturated rings. The Morgan fingerprint density at radius 2 is 2.12 bits per heavy atom. The van der Waals surface area contributed by atoms with Gasteiger partial charge in [-0.15, -0.1) is 0 Å². The largest absolute Gasteiger partial charge is 0.496 e. The van der Waals surface area contributed by atoms with Crippen molar-refractivity contribution in [2.45, 2.75) is 44.1 Å². The number of nitrogens with one attached hydrogen (secondary N) is 2. The van der Waals surface area contributed by atoms with Gasteiger partial charge in [-0.25, -0.2) is 0 Å². The molecule has 5 heteroatoms. The average molecular weight is 332 g/mol. The van der Waals surface area contributed by atoms with Crippen LogP contribution in [0.2, 0.25) is 0 Å². The third-order valence-corrected chi connectivity index (χ3v) is 5.68. The van der Waals surface area contributed by atoms with Crippen molar-refractivity contribution in [3.63, 3.8) is 0 Å². The molecule has 2 unspecified atom stereocenters. The highest BCUT2D eigenvalue weighted by Gasteiger charge is 2.43. The molecule has 1 heterocycles. The Hall–Kier alpha value is -1.59. The van der Waals surface area contributed by atoms with Crippen LogP contribution in [-0.2, 0) is 10.2 Å². The number of amides is 1. The molecule has 2 atom stereocenters. The van der Waals surface area contributed by atoms with Crippen LogP contribution in [0.15, 0.2) is 18.2 Å². The number of carbonyl (C=O) groups is 1. The van der Waals surface area contributed by atoms with Crippen LogP contribution in [0, 0.1) is 12.8 Å². The van der Waals surface area contributed by atoms with E-state index in [-0.39, 0.29) is 17.9 Å². The summed E-state index contributed by atoms with van der Waals surface area (Å²) in [5.74, 6) is 1.02. The number of hydrogen-bond acceptors (Lipinski definition) is 4. The zero-order valence-corrected chi connectivity index (χ0v) is 14.6. The molecule has 1 aliphatic heterocycles. The van der Waals surface area contributed by atoms with Gasteiger partial charge in [0.2, 0.25) is 5.91 Å². The Morgan fingerprint density at radius 1 is 1.38 bits per heavy atom. The maximum atomic E-state index is 13.1. The van der Waals surface area contributed by atoms with E-state index >= 15 is 0 Å². The van der Waals surface area contributed by atoms with Gasteiger partial charge in [0.1, 0.15) is 5.75 Å². The molecule has 1 saturated carbocycles. The molecule has 2 aliphatic rings. The standard InChI is InChI=1S/C19H28N2O3/c1-13-5-6-15(9-17(13)24-2)19(7-3-4-8-19)18(23)21-11-14-10-20-12-16(14)22/h5-6,9,14,16,20,22H,3-4,7-8,10-12H2,1-2H3,(H,21,23). The second kappa shape index (κ2) is 7.11. The first-order chi connectivity index (χ1) is 11.6. The smallest absolute Gasteiger partial charge is 0.230 e. The summed E-state index contributed by atoms with van der Waals surface area (Å²) in [5, 5.41) is 16.2. The first kappa shape index (κ1) is 17.2. The molecule has 24 heavy (non-hydrogen) atoms. The van der Waals surface area contributed by atoms with Gasteiger partial charge in [-0.05, 0) is 37.0 Å². The number of hydrogen-bond donors (Lipinski definition) is 3. The lowest BCUT2D eigenvalue weighted by molar-refractivity contribution is -0.126. The highest BCUT2D eigenvalue weighted by Crippen LogP contribution is 2.42. The fourth-order valence-corrected chi connectivity index (χ4v) is 4.06. The average Bonchev–Trinajstić information content (AvgIpc) is 3.23. The summed E-state index contributed by atoms with van der Waals surface area (Å²) < 4.78 is 5.45. The number of ether oxygens (including phenoxy) is 1. The number of carbonyl (C=O) groups excluding carboxylic acids is 1. The number of methoxy groups -OCH3 is 1.